The second-order valence-electron chi connectivity index (χ2n) is 5.52. The lowest BCUT2D eigenvalue weighted by molar-refractivity contribution is -0.280. The van der Waals surface area contributed by atoms with E-state index in [4.69, 9.17) is 15.9 Å². The molecule has 0 spiro atoms. The van der Waals surface area contributed by atoms with Crippen LogP contribution in [-0.2, 0) is 9.59 Å². The smallest absolute Gasteiger partial charge is 0.391 e. The van der Waals surface area contributed by atoms with Crippen LogP contribution in [-0.4, -0.2) is 45.5 Å². The summed E-state index contributed by atoms with van der Waals surface area (Å²) in [6, 6.07) is -1.44. The average Bonchev–Trinajstić information content (AvgIpc) is 2.36. The van der Waals surface area contributed by atoms with Gasteiger partial charge >= 0.3 is 23.9 Å². The van der Waals surface area contributed by atoms with Crippen molar-refractivity contribution >= 4 is 11.9 Å². The van der Waals surface area contributed by atoms with E-state index in [0.717, 1.165) is 6.92 Å². The molecule has 0 saturated carbocycles. The Morgan fingerprint density at radius 2 is 1.50 bits per heavy atom. The molecular weight excluding hydrogens is 350 g/mol. The third kappa shape index (κ3) is 8.91. The van der Waals surface area contributed by atoms with Gasteiger partial charge in [-0.05, 0) is 12.3 Å². The van der Waals surface area contributed by atoms with Gasteiger partial charge in [-0.2, -0.15) is 13.2 Å². The maximum Gasteiger partial charge on any atom is 0.391 e. The Morgan fingerprint density at radius 3 is 1.67 bits per heavy atom. The molecule has 0 aromatic rings. The molecule has 0 aromatic carbocycles. The number of aliphatic carboxylic acids is 2. The van der Waals surface area contributed by atoms with Gasteiger partial charge in [-0.1, -0.05) is 29.7 Å². The maximum atomic E-state index is 12.9. The Kier molecular flexibility index (Phi) is 9.94. The first-order chi connectivity index (χ1) is 10.6. The van der Waals surface area contributed by atoms with E-state index >= 15 is 0 Å². The summed E-state index contributed by atoms with van der Waals surface area (Å²) in [5.41, 5.74) is 4.91. The standard InChI is InChI=1S/2C6H10F3NO2/c1-4(2)3-6(7,5(11)12)10(8)9;1-3(6(7,8)9)2-4(10)5(11)12/h4H,3H2,1-2H3,(H,11,12);3-4H,2,10H2,1H3,(H,11,12)/t6-;/m0./s1. The lowest BCUT2D eigenvalue weighted by Crippen LogP contribution is -2.44. The van der Waals surface area contributed by atoms with Crippen LogP contribution in [0, 0.1) is 11.8 Å². The van der Waals surface area contributed by atoms with Gasteiger partial charge in [0, 0.05) is 6.42 Å². The van der Waals surface area contributed by atoms with Gasteiger partial charge in [-0.15, -0.1) is 0 Å². The molecule has 12 heteroatoms. The zero-order chi connectivity index (χ0) is 19.9. The number of alkyl halides is 4. The molecule has 0 aliphatic heterocycles. The Balaban J connectivity index is 0. The van der Waals surface area contributed by atoms with Crippen molar-refractivity contribution in [3.05, 3.63) is 0 Å². The summed E-state index contributed by atoms with van der Waals surface area (Å²) < 4.78 is 71.9. The summed E-state index contributed by atoms with van der Waals surface area (Å²) in [6.45, 7) is 3.82. The van der Waals surface area contributed by atoms with Crippen LogP contribution >= 0.6 is 0 Å². The first kappa shape index (κ1) is 24.7. The molecule has 24 heavy (non-hydrogen) atoms. The Morgan fingerprint density at radius 1 is 1.08 bits per heavy atom. The Hall–Kier alpha value is -1.56. The highest BCUT2D eigenvalue weighted by atomic mass is 19.4. The molecule has 0 saturated heterocycles. The largest absolute Gasteiger partial charge is 0.480 e. The highest BCUT2D eigenvalue weighted by molar-refractivity contribution is 5.76. The number of carbonyl (C=O) groups is 2. The summed E-state index contributed by atoms with van der Waals surface area (Å²) in [4.78, 5) is 20.2. The van der Waals surface area contributed by atoms with E-state index in [1.807, 2.05) is 0 Å². The van der Waals surface area contributed by atoms with Crippen LogP contribution in [0.3, 0.4) is 0 Å². The van der Waals surface area contributed by atoms with Crippen molar-refractivity contribution < 1.29 is 46.3 Å². The fraction of sp³-hybridized carbons (Fsp3) is 0.833. The van der Waals surface area contributed by atoms with E-state index in [2.05, 4.69) is 0 Å². The fourth-order valence-electron chi connectivity index (χ4n) is 1.38. The topological polar surface area (TPSA) is 104 Å². The second kappa shape index (κ2) is 9.67. The molecule has 6 nitrogen and oxygen atoms in total. The van der Waals surface area contributed by atoms with Gasteiger partial charge in [0.15, 0.2) is 0 Å². The van der Waals surface area contributed by atoms with Crippen LogP contribution in [0.2, 0.25) is 0 Å². The summed E-state index contributed by atoms with van der Waals surface area (Å²) in [5, 5.41) is 14.5. The van der Waals surface area contributed by atoms with Crippen LogP contribution in [0.25, 0.3) is 0 Å². The summed E-state index contributed by atoms with van der Waals surface area (Å²) in [7, 11) is 0. The molecule has 4 N–H and O–H groups in total. The van der Waals surface area contributed by atoms with Crippen LogP contribution < -0.4 is 5.73 Å². The third-order valence-corrected chi connectivity index (χ3v) is 2.76. The van der Waals surface area contributed by atoms with E-state index in [1.165, 1.54) is 13.8 Å². The van der Waals surface area contributed by atoms with Crippen molar-refractivity contribution in [1.82, 2.24) is 5.34 Å². The molecule has 0 aliphatic rings. The van der Waals surface area contributed by atoms with Crippen LogP contribution in [0.1, 0.15) is 33.6 Å². The number of hydrogen-bond donors (Lipinski definition) is 3. The van der Waals surface area contributed by atoms with Crippen molar-refractivity contribution in [1.29, 1.82) is 0 Å². The van der Waals surface area contributed by atoms with Crippen molar-refractivity contribution in [2.75, 3.05) is 0 Å². The minimum atomic E-state index is -4.37. The van der Waals surface area contributed by atoms with Crippen molar-refractivity contribution in [3.63, 3.8) is 0 Å². The lowest BCUT2D eigenvalue weighted by atomic mass is 10.0. The number of carboxylic acid groups (broad SMARTS) is 2. The minimum Gasteiger partial charge on any atom is -0.480 e. The Labute approximate surface area is 134 Å². The van der Waals surface area contributed by atoms with Crippen LogP contribution in [0.4, 0.5) is 26.5 Å². The Bertz CT molecular complexity index is 419. The van der Waals surface area contributed by atoms with Crippen molar-refractivity contribution in [2.45, 2.75) is 51.6 Å². The first-order valence-electron chi connectivity index (χ1n) is 6.64. The number of carboxylic acids is 2. The average molecular weight is 370 g/mol. The number of nitrogens with zero attached hydrogens (tertiary/aromatic N) is 1. The molecule has 2 unspecified atom stereocenters. The fourth-order valence-corrected chi connectivity index (χ4v) is 1.38. The maximum absolute atomic E-state index is 12.9. The zero-order valence-corrected chi connectivity index (χ0v) is 13.1. The highest BCUT2D eigenvalue weighted by Crippen LogP contribution is 2.29. The van der Waals surface area contributed by atoms with Crippen LogP contribution in [0.5, 0.6) is 0 Å². The predicted molar refractivity (Wildman–Crippen MR) is 70.4 cm³/mol. The lowest BCUT2D eigenvalue weighted by Gasteiger charge is -2.21. The van der Waals surface area contributed by atoms with Gasteiger partial charge in [-0.3, -0.25) is 4.79 Å². The molecule has 0 radical (unpaired) electrons. The van der Waals surface area contributed by atoms with Crippen molar-refractivity contribution in [3.8, 4) is 0 Å². The molecule has 3 atom stereocenters. The van der Waals surface area contributed by atoms with E-state index in [1.54, 1.807) is 0 Å². The van der Waals surface area contributed by atoms with E-state index in [0.29, 0.717) is 0 Å². The van der Waals surface area contributed by atoms with E-state index < -0.39 is 60.0 Å². The molecule has 0 rings (SSSR count). The van der Waals surface area contributed by atoms with E-state index in [9.17, 15) is 36.1 Å². The molecule has 0 aromatic heterocycles. The van der Waals surface area contributed by atoms with Crippen LogP contribution in [0.15, 0.2) is 0 Å². The molecule has 0 bridgehead atoms. The van der Waals surface area contributed by atoms with Gasteiger partial charge in [0.05, 0.1) is 11.3 Å². The SMILES string of the molecule is CC(C)C[C@@](F)(C(=O)O)N(F)F.CC(CC(N)C(=O)O)C(F)(F)F. The van der Waals surface area contributed by atoms with Gasteiger partial charge in [-0.25, -0.2) is 9.18 Å². The zero-order valence-electron chi connectivity index (χ0n) is 13.1. The summed E-state index contributed by atoms with van der Waals surface area (Å²) in [5.74, 6) is -9.27. The molecule has 0 amide bonds. The number of hydrogen-bond acceptors (Lipinski definition) is 4. The predicted octanol–water partition coefficient (Wildman–Crippen LogP) is 2.84. The van der Waals surface area contributed by atoms with Crippen molar-refractivity contribution in [2.24, 2.45) is 17.6 Å². The molecule has 0 heterocycles. The number of rotatable bonds is 7. The minimum absolute atomic E-state index is 0.458. The third-order valence-electron chi connectivity index (χ3n) is 2.76. The second-order valence-corrected chi connectivity index (χ2v) is 5.52. The molecular formula is C12H20F6N2O4. The van der Waals surface area contributed by atoms with E-state index in [-0.39, 0.29) is 0 Å². The van der Waals surface area contributed by atoms with Gasteiger partial charge in [0.2, 0.25) is 0 Å². The normalized spacial score (nSPS) is 16.8. The quantitative estimate of drug-likeness (QED) is 0.362. The van der Waals surface area contributed by atoms with Gasteiger partial charge in [0.25, 0.3) is 0 Å². The monoisotopic (exact) mass is 370 g/mol. The molecule has 144 valence electrons. The van der Waals surface area contributed by atoms with Gasteiger partial charge < -0.3 is 15.9 Å². The number of halogens is 6. The summed E-state index contributed by atoms with van der Waals surface area (Å²) in [6.07, 6.45) is -5.69. The first-order valence-corrected chi connectivity index (χ1v) is 6.64. The molecule has 0 aliphatic carbocycles. The summed E-state index contributed by atoms with van der Waals surface area (Å²) >= 11 is 0. The van der Waals surface area contributed by atoms with Gasteiger partial charge in [0.1, 0.15) is 6.04 Å². The number of nitrogens with two attached hydrogens (primary N) is 1. The highest BCUT2D eigenvalue weighted by Gasteiger charge is 2.48. The molecule has 0 fully saturated rings.